The van der Waals surface area contributed by atoms with Gasteiger partial charge in [0.15, 0.2) is 0 Å². The first kappa shape index (κ1) is 15.1. The normalized spacial score (nSPS) is 10.4. The number of nitrogen functional groups attached to an aromatic ring is 1. The fraction of sp³-hybridized carbons (Fsp3) is 0.250. The molecule has 0 spiro atoms. The number of halogens is 1. The fourth-order valence-corrected chi connectivity index (χ4v) is 2.72. The average Bonchev–Trinajstić information content (AvgIpc) is 2.46. The van der Waals surface area contributed by atoms with Crippen LogP contribution in [0, 0.1) is 0 Å². The Balaban J connectivity index is 1.57. The van der Waals surface area contributed by atoms with Gasteiger partial charge < -0.3 is 10.5 Å². The molecule has 2 nitrogen and oxygen atoms in total. The van der Waals surface area contributed by atoms with Crippen molar-refractivity contribution in [1.82, 2.24) is 0 Å². The van der Waals surface area contributed by atoms with E-state index in [2.05, 4.69) is 12.1 Å². The van der Waals surface area contributed by atoms with Crippen LogP contribution in [-0.2, 0) is 0 Å². The summed E-state index contributed by atoms with van der Waals surface area (Å²) in [5.74, 6) is 1.97. The van der Waals surface area contributed by atoms with Gasteiger partial charge >= 0.3 is 0 Å². The Morgan fingerprint density at radius 1 is 0.950 bits per heavy atom. The van der Waals surface area contributed by atoms with Gasteiger partial charge in [-0.1, -0.05) is 11.6 Å². The smallest absolute Gasteiger partial charge is 0.119 e. The first-order valence-corrected chi connectivity index (χ1v) is 7.97. The van der Waals surface area contributed by atoms with Gasteiger partial charge in [0.25, 0.3) is 0 Å². The van der Waals surface area contributed by atoms with Crippen LogP contribution in [0.4, 0.5) is 5.69 Å². The molecule has 4 heteroatoms. The molecule has 2 N–H and O–H groups in total. The van der Waals surface area contributed by atoms with Crippen LogP contribution in [0.1, 0.15) is 12.8 Å². The monoisotopic (exact) mass is 307 g/mol. The number of anilines is 1. The van der Waals surface area contributed by atoms with Crippen molar-refractivity contribution < 1.29 is 4.74 Å². The van der Waals surface area contributed by atoms with E-state index in [9.17, 15) is 0 Å². The third-order valence-corrected chi connectivity index (χ3v) is 4.12. The Bertz CT molecular complexity index is 464. The Morgan fingerprint density at radius 3 is 2.35 bits per heavy atom. The van der Waals surface area contributed by atoms with E-state index < -0.39 is 0 Å². The molecule has 0 saturated heterocycles. The SMILES string of the molecule is Nc1ccc(OCCCCSc2ccc(Cl)cc2)cc1. The van der Waals surface area contributed by atoms with Gasteiger partial charge in [0.1, 0.15) is 5.75 Å². The Morgan fingerprint density at radius 2 is 1.65 bits per heavy atom. The summed E-state index contributed by atoms with van der Waals surface area (Å²) in [5, 5.41) is 0.784. The van der Waals surface area contributed by atoms with E-state index in [1.807, 2.05) is 48.2 Å². The Hall–Kier alpha value is -1.32. The molecule has 0 unspecified atom stereocenters. The van der Waals surface area contributed by atoms with Crippen molar-refractivity contribution in [3.63, 3.8) is 0 Å². The molecule has 106 valence electrons. The highest BCUT2D eigenvalue weighted by Crippen LogP contribution is 2.21. The maximum atomic E-state index is 5.85. The van der Waals surface area contributed by atoms with E-state index in [1.54, 1.807) is 0 Å². The lowest BCUT2D eigenvalue weighted by Crippen LogP contribution is -1.98. The molecule has 2 rings (SSSR count). The molecule has 0 aliphatic rings. The molecule has 0 fully saturated rings. The van der Waals surface area contributed by atoms with E-state index in [0.717, 1.165) is 41.7 Å². The lowest BCUT2D eigenvalue weighted by Gasteiger charge is -2.06. The summed E-state index contributed by atoms with van der Waals surface area (Å²) in [6.45, 7) is 0.741. The summed E-state index contributed by atoms with van der Waals surface area (Å²) in [4.78, 5) is 1.26. The molecule has 2 aromatic carbocycles. The molecule has 0 aromatic heterocycles. The molecule has 0 bridgehead atoms. The highest BCUT2D eigenvalue weighted by atomic mass is 35.5. The second-order valence-electron chi connectivity index (χ2n) is 4.43. The van der Waals surface area contributed by atoms with Crippen LogP contribution in [0.5, 0.6) is 5.75 Å². The van der Waals surface area contributed by atoms with Crippen molar-refractivity contribution in [3.8, 4) is 5.75 Å². The van der Waals surface area contributed by atoms with Gasteiger partial charge in [0.05, 0.1) is 6.61 Å². The topological polar surface area (TPSA) is 35.2 Å². The number of unbranched alkanes of at least 4 members (excludes halogenated alkanes) is 1. The van der Waals surface area contributed by atoms with E-state index in [0.29, 0.717) is 0 Å². The average molecular weight is 308 g/mol. The molecule has 20 heavy (non-hydrogen) atoms. The fourth-order valence-electron chi connectivity index (χ4n) is 1.68. The van der Waals surface area contributed by atoms with Crippen LogP contribution < -0.4 is 10.5 Å². The van der Waals surface area contributed by atoms with E-state index in [1.165, 1.54) is 4.90 Å². The van der Waals surface area contributed by atoms with Gasteiger partial charge in [-0.3, -0.25) is 0 Å². The minimum Gasteiger partial charge on any atom is -0.494 e. The molecule has 2 aromatic rings. The lowest BCUT2D eigenvalue weighted by atomic mass is 10.3. The zero-order chi connectivity index (χ0) is 14.2. The molecule has 0 radical (unpaired) electrons. The van der Waals surface area contributed by atoms with Crippen molar-refractivity contribution in [1.29, 1.82) is 0 Å². The molecular weight excluding hydrogens is 290 g/mol. The minimum atomic E-state index is 0.741. The van der Waals surface area contributed by atoms with E-state index in [4.69, 9.17) is 22.1 Å². The number of hydrogen-bond acceptors (Lipinski definition) is 3. The van der Waals surface area contributed by atoms with Crippen molar-refractivity contribution in [2.45, 2.75) is 17.7 Å². The van der Waals surface area contributed by atoms with Crippen molar-refractivity contribution in [2.24, 2.45) is 0 Å². The molecule has 0 atom stereocenters. The number of ether oxygens (including phenoxy) is 1. The number of hydrogen-bond donors (Lipinski definition) is 1. The molecular formula is C16H18ClNOS. The predicted molar refractivity (Wildman–Crippen MR) is 87.8 cm³/mol. The molecule has 0 aliphatic carbocycles. The summed E-state index contributed by atoms with van der Waals surface area (Å²) in [5.41, 5.74) is 6.38. The molecule has 0 amide bonds. The third kappa shape index (κ3) is 5.35. The Kier molecular flexibility index (Phi) is 6.09. The summed E-state index contributed by atoms with van der Waals surface area (Å²) in [6, 6.07) is 15.5. The second kappa shape index (κ2) is 8.08. The van der Waals surface area contributed by atoms with Gasteiger partial charge in [0.2, 0.25) is 0 Å². The predicted octanol–water partition coefficient (Wildman–Crippen LogP) is 4.87. The molecule has 0 aliphatic heterocycles. The number of rotatable bonds is 7. The van der Waals surface area contributed by atoms with Gasteiger partial charge in [-0.05, 0) is 67.1 Å². The van der Waals surface area contributed by atoms with Gasteiger partial charge in [-0.25, -0.2) is 0 Å². The van der Waals surface area contributed by atoms with Crippen LogP contribution in [0.25, 0.3) is 0 Å². The number of thioether (sulfide) groups is 1. The van der Waals surface area contributed by atoms with Gasteiger partial charge in [-0.2, -0.15) is 0 Å². The van der Waals surface area contributed by atoms with E-state index in [-0.39, 0.29) is 0 Å². The van der Waals surface area contributed by atoms with Crippen LogP contribution in [0.15, 0.2) is 53.4 Å². The third-order valence-electron chi connectivity index (χ3n) is 2.77. The largest absolute Gasteiger partial charge is 0.494 e. The van der Waals surface area contributed by atoms with E-state index >= 15 is 0 Å². The standard InChI is InChI=1S/C16H18ClNOS/c17-13-3-9-16(10-4-13)20-12-2-1-11-19-15-7-5-14(18)6-8-15/h3-10H,1-2,11-12,18H2. The first-order chi connectivity index (χ1) is 9.74. The quantitative estimate of drug-likeness (QED) is 0.450. The van der Waals surface area contributed by atoms with Crippen LogP contribution in [-0.4, -0.2) is 12.4 Å². The number of nitrogens with two attached hydrogens (primary N) is 1. The maximum absolute atomic E-state index is 5.85. The minimum absolute atomic E-state index is 0.741. The van der Waals surface area contributed by atoms with Gasteiger partial charge in [-0.15, -0.1) is 11.8 Å². The second-order valence-corrected chi connectivity index (χ2v) is 6.03. The summed E-state index contributed by atoms with van der Waals surface area (Å²) < 4.78 is 5.65. The highest BCUT2D eigenvalue weighted by Gasteiger charge is 1.96. The molecule has 0 heterocycles. The Labute approximate surface area is 129 Å². The zero-order valence-electron chi connectivity index (χ0n) is 11.2. The summed E-state index contributed by atoms with van der Waals surface area (Å²) >= 11 is 7.70. The highest BCUT2D eigenvalue weighted by molar-refractivity contribution is 7.99. The number of benzene rings is 2. The lowest BCUT2D eigenvalue weighted by molar-refractivity contribution is 0.310. The van der Waals surface area contributed by atoms with Gasteiger partial charge in [0, 0.05) is 15.6 Å². The zero-order valence-corrected chi connectivity index (χ0v) is 12.8. The summed E-state index contributed by atoms with van der Waals surface area (Å²) in [7, 11) is 0. The molecule has 0 saturated carbocycles. The maximum Gasteiger partial charge on any atom is 0.119 e. The van der Waals surface area contributed by atoms with Crippen molar-refractivity contribution in [2.75, 3.05) is 18.1 Å². The van der Waals surface area contributed by atoms with Crippen molar-refractivity contribution in [3.05, 3.63) is 53.6 Å². The van der Waals surface area contributed by atoms with Crippen LogP contribution in [0.2, 0.25) is 5.02 Å². The van der Waals surface area contributed by atoms with Crippen LogP contribution in [0.3, 0.4) is 0 Å². The van der Waals surface area contributed by atoms with Crippen molar-refractivity contribution >= 4 is 29.1 Å². The van der Waals surface area contributed by atoms with Crippen LogP contribution >= 0.6 is 23.4 Å². The summed E-state index contributed by atoms with van der Waals surface area (Å²) in [6.07, 6.45) is 2.17. The first-order valence-electron chi connectivity index (χ1n) is 6.61.